The summed E-state index contributed by atoms with van der Waals surface area (Å²) in [6.45, 7) is 4.12. The van der Waals surface area contributed by atoms with Crippen LogP contribution < -0.4 is 16.0 Å². The molecule has 2 aromatic rings. The van der Waals surface area contributed by atoms with Crippen LogP contribution in [-0.2, 0) is 9.53 Å². The highest BCUT2D eigenvalue weighted by Crippen LogP contribution is 2.35. The van der Waals surface area contributed by atoms with Gasteiger partial charge in [-0.05, 0) is 50.3 Å². The number of pyridine rings is 2. The molecule has 7 nitrogen and oxygen atoms in total. The van der Waals surface area contributed by atoms with E-state index in [0.717, 1.165) is 57.7 Å². The van der Waals surface area contributed by atoms with Crippen molar-refractivity contribution in [1.29, 1.82) is 0 Å². The fourth-order valence-corrected chi connectivity index (χ4v) is 4.37. The summed E-state index contributed by atoms with van der Waals surface area (Å²) in [7, 11) is 0. The molecule has 1 atom stereocenters. The molecule has 0 bridgehead atoms. The molecule has 1 amide bonds. The molecule has 0 aliphatic carbocycles. The molecule has 31 heavy (non-hydrogen) atoms. The molecule has 2 aliphatic rings. The zero-order valence-electron chi connectivity index (χ0n) is 17.3. The standard InChI is InChI=1S/C22H27Cl2N5O2/c23-19-13-27-20(29-22(30)15-2-1-5-25-11-15)9-17(19)18-8-16(12-28-21(18)24)26-10-14-3-6-31-7-4-14/h8-9,12-15,25-26H,1-7,10-11H2,(H,27,29,30)/t15-/m1/s1. The molecule has 0 unspecified atom stereocenters. The Labute approximate surface area is 192 Å². The molecule has 0 saturated carbocycles. The maximum Gasteiger partial charge on any atom is 0.229 e. The number of carbonyl (C=O) groups excluding carboxylic acids is 1. The van der Waals surface area contributed by atoms with Crippen LogP contribution >= 0.6 is 23.2 Å². The second-order valence-corrected chi connectivity index (χ2v) is 8.85. The third-order valence-corrected chi connectivity index (χ3v) is 6.44. The van der Waals surface area contributed by atoms with E-state index in [0.29, 0.717) is 39.6 Å². The van der Waals surface area contributed by atoms with E-state index in [-0.39, 0.29) is 11.8 Å². The number of anilines is 2. The Morgan fingerprint density at radius 1 is 1.13 bits per heavy atom. The van der Waals surface area contributed by atoms with Crippen LogP contribution in [0.2, 0.25) is 10.2 Å². The Balaban J connectivity index is 1.49. The number of ether oxygens (including phenoxy) is 1. The summed E-state index contributed by atoms with van der Waals surface area (Å²) >= 11 is 12.8. The van der Waals surface area contributed by atoms with Crippen LogP contribution in [0.15, 0.2) is 24.5 Å². The smallest absolute Gasteiger partial charge is 0.229 e. The topological polar surface area (TPSA) is 88.2 Å². The molecule has 3 N–H and O–H groups in total. The first-order chi connectivity index (χ1) is 15.1. The number of amides is 1. The lowest BCUT2D eigenvalue weighted by Gasteiger charge is -2.23. The maximum atomic E-state index is 12.6. The highest BCUT2D eigenvalue weighted by atomic mass is 35.5. The predicted octanol–water partition coefficient (Wildman–Crippen LogP) is 4.23. The normalized spacial score (nSPS) is 19.7. The molecule has 0 spiro atoms. The van der Waals surface area contributed by atoms with Gasteiger partial charge in [-0.3, -0.25) is 4.79 Å². The molecule has 4 heterocycles. The van der Waals surface area contributed by atoms with E-state index in [1.165, 1.54) is 6.20 Å². The second kappa shape index (κ2) is 10.6. The minimum Gasteiger partial charge on any atom is -0.384 e. The molecule has 2 fully saturated rings. The molecule has 4 rings (SSSR count). The quantitative estimate of drug-likeness (QED) is 0.555. The van der Waals surface area contributed by atoms with Gasteiger partial charge in [-0.25, -0.2) is 9.97 Å². The van der Waals surface area contributed by atoms with E-state index in [9.17, 15) is 4.79 Å². The number of rotatable bonds is 6. The summed E-state index contributed by atoms with van der Waals surface area (Å²) in [6.07, 6.45) is 7.22. The Bertz CT molecular complexity index is 915. The first-order valence-corrected chi connectivity index (χ1v) is 11.5. The first-order valence-electron chi connectivity index (χ1n) is 10.7. The molecular weight excluding hydrogens is 437 g/mol. The number of piperidine rings is 1. The average molecular weight is 464 g/mol. The Morgan fingerprint density at radius 2 is 1.97 bits per heavy atom. The fraction of sp³-hybridized carbons (Fsp3) is 0.500. The van der Waals surface area contributed by atoms with Crippen LogP contribution in [0.5, 0.6) is 0 Å². The summed E-state index contributed by atoms with van der Waals surface area (Å²) in [5, 5.41) is 10.4. The first kappa shape index (κ1) is 22.3. The van der Waals surface area contributed by atoms with Crippen molar-refractivity contribution in [1.82, 2.24) is 15.3 Å². The van der Waals surface area contributed by atoms with Crippen LogP contribution in [-0.4, -0.2) is 48.7 Å². The van der Waals surface area contributed by atoms with Gasteiger partial charge in [0.15, 0.2) is 0 Å². The summed E-state index contributed by atoms with van der Waals surface area (Å²) < 4.78 is 5.42. The molecule has 2 saturated heterocycles. The van der Waals surface area contributed by atoms with Crippen molar-refractivity contribution in [2.24, 2.45) is 11.8 Å². The van der Waals surface area contributed by atoms with E-state index in [4.69, 9.17) is 27.9 Å². The monoisotopic (exact) mass is 463 g/mol. The van der Waals surface area contributed by atoms with Gasteiger partial charge in [0, 0.05) is 43.6 Å². The van der Waals surface area contributed by atoms with Crippen molar-refractivity contribution in [3.8, 4) is 11.1 Å². The second-order valence-electron chi connectivity index (χ2n) is 8.08. The Kier molecular flexibility index (Phi) is 7.61. The van der Waals surface area contributed by atoms with Gasteiger partial charge in [0.25, 0.3) is 0 Å². The number of nitrogens with one attached hydrogen (secondary N) is 3. The van der Waals surface area contributed by atoms with Gasteiger partial charge < -0.3 is 20.7 Å². The number of carbonyl (C=O) groups is 1. The van der Waals surface area contributed by atoms with Crippen LogP contribution in [0.3, 0.4) is 0 Å². The van der Waals surface area contributed by atoms with Crippen molar-refractivity contribution < 1.29 is 9.53 Å². The van der Waals surface area contributed by atoms with Crippen molar-refractivity contribution in [3.05, 3.63) is 34.7 Å². The van der Waals surface area contributed by atoms with Gasteiger partial charge in [0.05, 0.1) is 22.8 Å². The van der Waals surface area contributed by atoms with E-state index in [1.807, 2.05) is 6.07 Å². The largest absolute Gasteiger partial charge is 0.384 e. The third kappa shape index (κ3) is 5.86. The summed E-state index contributed by atoms with van der Waals surface area (Å²) in [6, 6.07) is 3.69. The molecule has 0 radical (unpaired) electrons. The van der Waals surface area contributed by atoms with Gasteiger partial charge in [-0.2, -0.15) is 0 Å². The summed E-state index contributed by atoms with van der Waals surface area (Å²) in [5.41, 5.74) is 2.25. The zero-order chi connectivity index (χ0) is 21.6. The zero-order valence-corrected chi connectivity index (χ0v) is 18.8. The highest BCUT2D eigenvalue weighted by molar-refractivity contribution is 6.36. The number of hydrogen-bond donors (Lipinski definition) is 3. The lowest BCUT2D eigenvalue weighted by Crippen LogP contribution is -2.37. The lowest BCUT2D eigenvalue weighted by atomic mass is 9.99. The van der Waals surface area contributed by atoms with Gasteiger partial charge in [0.2, 0.25) is 5.91 Å². The third-order valence-electron chi connectivity index (χ3n) is 5.84. The number of hydrogen-bond acceptors (Lipinski definition) is 6. The summed E-state index contributed by atoms with van der Waals surface area (Å²) in [4.78, 5) is 21.2. The minimum atomic E-state index is -0.0577. The molecule has 2 aliphatic heterocycles. The van der Waals surface area contributed by atoms with Gasteiger partial charge in [-0.1, -0.05) is 23.2 Å². The van der Waals surface area contributed by atoms with Gasteiger partial charge >= 0.3 is 0 Å². The van der Waals surface area contributed by atoms with Crippen LogP contribution in [0.25, 0.3) is 11.1 Å². The summed E-state index contributed by atoms with van der Waals surface area (Å²) in [5.74, 6) is 0.932. The Hall–Kier alpha value is -1.93. The maximum absolute atomic E-state index is 12.6. The SMILES string of the molecule is O=C(Nc1cc(-c2cc(NCC3CCOCC3)cnc2Cl)c(Cl)cn1)[C@@H]1CCCNC1. The number of aromatic nitrogens is 2. The molecule has 0 aromatic carbocycles. The van der Waals surface area contributed by atoms with E-state index in [2.05, 4.69) is 25.9 Å². The van der Waals surface area contributed by atoms with Crippen molar-refractivity contribution in [3.63, 3.8) is 0 Å². The van der Waals surface area contributed by atoms with Gasteiger partial charge in [-0.15, -0.1) is 0 Å². The molecular formula is C22H27Cl2N5O2. The van der Waals surface area contributed by atoms with E-state index >= 15 is 0 Å². The van der Waals surface area contributed by atoms with E-state index in [1.54, 1.807) is 12.3 Å². The van der Waals surface area contributed by atoms with Crippen LogP contribution in [0.1, 0.15) is 25.7 Å². The average Bonchev–Trinajstić information content (AvgIpc) is 2.81. The molecule has 2 aromatic heterocycles. The number of halogens is 2. The van der Waals surface area contributed by atoms with Crippen LogP contribution in [0, 0.1) is 11.8 Å². The lowest BCUT2D eigenvalue weighted by molar-refractivity contribution is -0.120. The van der Waals surface area contributed by atoms with Crippen molar-refractivity contribution in [2.45, 2.75) is 25.7 Å². The highest BCUT2D eigenvalue weighted by Gasteiger charge is 2.22. The van der Waals surface area contributed by atoms with Crippen molar-refractivity contribution >= 4 is 40.6 Å². The number of nitrogens with zero attached hydrogens (tertiary/aromatic N) is 2. The van der Waals surface area contributed by atoms with Crippen LogP contribution in [0.4, 0.5) is 11.5 Å². The fourth-order valence-electron chi connectivity index (χ4n) is 3.96. The van der Waals surface area contributed by atoms with Gasteiger partial charge in [0.1, 0.15) is 11.0 Å². The predicted molar refractivity (Wildman–Crippen MR) is 124 cm³/mol. The molecule has 166 valence electrons. The van der Waals surface area contributed by atoms with Crippen molar-refractivity contribution in [2.75, 3.05) is 43.5 Å². The molecule has 9 heteroatoms. The van der Waals surface area contributed by atoms with E-state index < -0.39 is 0 Å². The minimum absolute atomic E-state index is 0.0379. The Morgan fingerprint density at radius 3 is 2.74 bits per heavy atom.